The van der Waals surface area contributed by atoms with Crippen LogP contribution in [0.25, 0.3) is 0 Å². The zero-order chi connectivity index (χ0) is 39.1. The van der Waals surface area contributed by atoms with Crippen LogP contribution >= 0.6 is 15.2 Å². The highest BCUT2D eigenvalue weighted by Gasteiger charge is 2.50. The van der Waals surface area contributed by atoms with Crippen molar-refractivity contribution in [3.63, 3.8) is 0 Å². The Bertz CT molecular complexity index is 1470. The summed E-state index contributed by atoms with van der Waals surface area (Å²) in [5.74, 6) is 0.829. The average molecular weight is 767 g/mol. The van der Waals surface area contributed by atoms with E-state index in [4.69, 9.17) is 27.6 Å². The molecule has 2 rings (SSSR count). The third kappa shape index (κ3) is 13.4. The lowest BCUT2D eigenvalue weighted by Crippen LogP contribution is -2.37. The first-order valence-electron chi connectivity index (χ1n) is 19.2. The molecule has 1 aliphatic heterocycles. The molecule has 1 heterocycles. The molecule has 0 aromatic heterocycles. The lowest BCUT2D eigenvalue weighted by Gasteiger charge is -2.38. The van der Waals surface area contributed by atoms with Crippen molar-refractivity contribution in [2.45, 2.75) is 158 Å². The monoisotopic (exact) mass is 766 g/mol. The van der Waals surface area contributed by atoms with E-state index in [1.54, 1.807) is 27.7 Å². The van der Waals surface area contributed by atoms with Crippen LogP contribution < -0.4 is 9.47 Å². The normalized spacial score (nSPS) is 16.9. The summed E-state index contributed by atoms with van der Waals surface area (Å²) >= 11 is 0. The molecule has 0 bridgehead atoms. The summed E-state index contributed by atoms with van der Waals surface area (Å²) in [5, 5.41) is -1.28. The van der Waals surface area contributed by atoms with Crippen LogP contribution in [0.3, 0.4) is 0 Å². The van der Waals surface area contributed by atoms with Crippen molar-refractivity contribution in [2.24, 2.45) is 0 Å². The van der Waals surface area contributed by atoms with E-state index >= 15 is 0 Å². The molecule has 0 saturated carbocycles. The van der Waals surface area contributed by atoms with Gasteiger partial charge in [0.25, 0.3) is 0 Å². The van der Waals surface area contributed by atoms with Crippen molar-refractivity contribution in [2.75, 3.05) is 26.4 Å². The molecule has 11 heteroatoms. The van der Waals surface area contributed by atoms with Crippen molar-refractivity contribution in [1.82, 2.24) is 0 Å². The van der Waals surface area contributed by atoms with Crippen molar-refractivity contribution in [3.05, 3.63) is 57.2 Å². The number of rotatable bonds is 23. The SMILES string of the molecule is CCOP(=O)(OCC)C(CCC(=O)Oc1c(C)c(C)c2c(c1C)CCC(C)(CC/C=C(\C)CC/C=C(\C)CCC=C(C)C)O2)P(=O)(OCC)OCC. The number of benzene rings is 1. The Kier molecular flexibility index (Phi) is 19.3. The summed E-state index contributed by atoms with van der Waals surface area (Å²) in [6, 6.07) is 0. The van der Waals surface area contributed by atoms with Gasteiger partial charge in [-0.25, -0.2) is 0 Å². The molecular weight excluding hydrogens is 698 g/mol. The Morgan fingerprint density at radius 1 is 0.750 bits per heavy atom. The molecule has 0 amide bonds. The van der Waals surface area contributed by atoms with Crippen LogP contribution in [0.2, 0.25) is 0 Å². The fourth-order valence-electron chi connectivity index (χ4n) is 6.61. The van der Waals surface area contributed by atoms with E-state index in [0.29, 0.717) is 5.75 Å². The average Bonchev–Trinajstić information content (AvgIpc) is 3.06. The van der Waals surface area contributed by atoms with E-state index < -0.39 is 26.6 Å². The van der Waals surface area contributed by atoms with Gasteiger partial charge in [-0.3, -0.25) is 13.9 Å². The first-order chi connectivity index (χ1) is 24.5. The van der Waals surface area contributed by atoms with Crippen molar-refractivity contribution < 1.29 is 41.5 Å². The molecule has 296 valence electrons. The number of allylic oxidation sites excluding steroid dienone is 6. The van der Waals surface area contributed by atoms with Gasteiger partial charge in [-0.15, -0.1) is 0 Å². The Morgan fingerprint density at radius 2 is 1.25 bits per heavy atom. The Hall–Kier alpha value is -1.99. The van der Waals surface area contributed by atoms with Gasteiger partial charge in [-0.1, -0.05) is 34.9 Å². The molecule has 0 radical (unpaired) electrons. The standard InChI is InChI=1S/C41H68O9P2/c1-13-45-51(43,46-14-2)38(52(44,47-15-3)48-16-4)26-25-37(42)49-39-33(9)34(10)40-36(35(39)11)27-29-41(12,50-40)28-19-24-32(8)23-18-22-31(7)21-17-20-30(5)6/h20,22,24,38H,13-19,21,23,25-29H2,1-12H3/b31-22+,32-24+. The highest BCUT2D eigenvalue weighted by atomic mass is 31.2. The second-order valence-corrected chi connectivity index (χ2v) is 19.2. The minimum absolute atomic E-state index is 0.0653. The molecule has 1 aromatic carbocycles. The van der Waals surface area contributed by atoms with Crippen LogP contribution in [0.5, 0.6) is 11.5 Å². The summed E-state index contributed by atoms with van der Waals surface area (Å²) in [6.45, 7) is 23.8. The van der Waals surface area contributed by atoms with Crippen LogP contribution in [0.15, 0.2) is 34.9 Å². The van der Waals surface area contributed by atoms with Crippen LogP contribution in [0.4, 0.5) is 0 Å². The molecule has 1 aliphatic rings. The fraction of sp³-hybridized carbons (Fsp3) is 0.683. The van der Waals surface area contributed by atoms with E-state index in [0.717, 1.165) is 79.4 Å². The molecule has 0 spiro atoms. The predicted octanol–water partition coefficient (Wildman–Crippen LogP) is 12.4. The number of ether oxygens (including phenoxy) is 2. The van der Waals surface area contributed by atoms with E-state index in [-0.39, 0.29) is 44.9 Å². The zero-order valence-electron chi connectivity index (χ0n) is 34.3. The smallest absolute Gasteiger partial charge is 0.345 e. The quantitative estimate of drug-likeness (QED) is 0.0465. The minimum atomic E-state index is -3.98. The zero-order valence-corrected chi connectivity index (χ0v) is 36.1. The van der Waals surface area contributed by atoms with Crippen LogP contribution in [0.1, 0.15) is 142 Å². The first-order valence-corrected chi connectivity index (χ1v) is 22.5. The number of hydrogen-bond donors (Lipinski definition) is 0. The molecule has 0 N–H and O–H groups in total. The number of fused-ring (bicyclic) bond motifs is 1. The fourth-order valence-corrected chi connectivity index (χ4v) is 12.0. The number of esters is 1. The molecule has 0 fully saturated rings. The van der Waals surface area contributed by atoms with Gasteiger partial charge in [0.1, 0.15) is 17.1 Å². The summed E-state index contributed by atoms with van der Waals surface area (Å²) in [5.41, 5.74) is 7.63. The Balaban J connectivity index is 2.16. The van der Waals surface area contributed by atoms with Crippen LogP contribution in [-0.4, -0.2) is 43.4 Å². The van der Waals surface area contributed by atoms with E-state index in [9.17, 15) is 13.9 Å². The van der Waals surface area contributed by atoms with Gasteiger partial charge in [0.2, 0.25) is 0 Å². The van der Waals surface area contributed by atoms with Gasteiger partial charge in [0.05, 0.1) is 26.4 Å². The third-order valence-corrected chi connectivity index (χ3v) is 15.8. The molecule has 1 aromatic rings. The molecular formula is C41H68O9P2. The molecule has 0 aliphatic carbocycles. The maximum atomic E-state index is 13.9. The van der Waals surface area contributed by atoms with Crippen molar-refractivity contribution in [1.29, 1.82) is 0 Å². The molecule has 0 saturated heterocycles. The summed E-state index contributed by atoms with van der Waals surface area (Å²) in [4.78, 5) is 13.4. The van der Waals surface area contributed by atoms with Crippen molar-refractivity contribution >= 4 is 21.2 Å². The summed E-state index contributed by atoms with van der Waals surface area (Å²) in [7, 11) is -7.96. The summed E-state index contributed by atoms with van der Waals surface area (Å²) < 4.78 is 62.8. The summed E-state index contributed by atoms with van der Waals surface area (Å²) in [6.07, 6.45) is 14.6. The van der Waals surface area contributed by atoms with Gasteiger partial charge in [-0.2, -0.15) is 0 Å². The second-order valence-electron chi connectivity index (χ2n) is 14.3. The molecule has 1 atom stereocenters. The van der Waals surface area contributed by atoms with Gasteiger partial charge < -0.3 is 27.6 Å². The van der Waals surface area contributed by atoms with Gasteiger partial charge in [0, 0.05) is 12.0 Å². The van der Waals surface area contributed by atoms with Crippen LogP contribution in [-0.2, 0) is 38.4 Å². The van der Waals surface area contributed by atoms with Gasteiger partial charge in [-0.05, 0) is 158 Å². The van der Waals surface area contributed by atoms with E-state index in [1.807, 2.05) is 20.8 Å². The maximum absolute atomic E-state index is 13.9. The number of carbonyl (C=O) groups is 1. The van der Waals surface area contributed by atoms with Gasteiger partial charge in [0.15, 0.2) is 5.40 Å². The molecule has 9 nitrogen and oxygen atoms in total. The topological polar surface area (TPSA) is 107 Å². The predicted molar refractivity (Wildman–Crippen MR) is 213 cm³/mol. The number of hydrogen-bond acceptors (Lipinski definition) is 9. The van der Waals surface area contributed by atoms with Gasteiger partial charge >= 0.3 is 21.2 Å². The molecule has 52 heavy (non-hydrogen) atoms. The number of carbonyl (C=O) groups excluding carboxylic acids is 1. The second kappa shape index (κ2) is 21.8. The Morgan fingerprint density at radius 3 is 1.75 bits per heavy atom. The Labute approximate surface area is 315 Å². The minimum Gasteiger partial charge on any atom is -0.487 e. The van der Waals surface area contributed by atoms with E-state index in [2.05, 4.69) is 52.8 Å². The third-order valence-electron chi connectivity index (χ3n) is 9.64. The van der Waals surface area contributed by atoms with E-state index in [1.165, 1.54) is 16.7 Å². The maximum Gasteiger partial charge on any atom is 0.345 e. The molecule has 1 unspecified atom stereocenters. The highest BCUT2D eigenvalue weighted by molar-refractivity contribution is 7.72. The largest absolute Gasteiger partial charge is 0.487 e. The lowest BCUT2D eigenvalue weighted by atomic mass is 9.85. The highest BCUT2D eigenvalue weighted by Crippen LogP contribution is 2.71. The van der Waals surface area contributed by atoms with Crippen LogP contribution in [0, 0.1) is 20.8 Å². The van der Waals surface area contributed by atoms with Crippen molar-refractivity contribution in [3.8, 4) is 11.5 Å². The lowest BCUT2D eigenvalue weighted by molar-refractivity contribution is -0.134. The first kappa shape index (κ1) is 46.2.